The molecule has 0 bridgehead atoms. The molecule has 1 heterocycles. The van der Waals surface area contributed by atoms with E-state index in [2.05, 4.69) is 22.9 Å². The average molecular weight is 329 g/mol. The normalized spacial score (nSPS) is 23.3. The average Bonchev–Trinajstić information content (AvgIpc) is 2.83. The molecule has 106 valence electrons. The third kappa shape index (κ3) is 3.39. The number of nitrogens with two attached hydrogens (primary N) is 1. The van der Waals surface area contributed by atoms with Crippen LogP contribution in [0.15, 0.2) is 21.4 Å². The van der Waals surface area contributed by atoms with Crippen molar-refractivity contribution in [1.82, 2.24) is 4.90 Å². The van der Waals surface area contributed by atoms with Gasteiger partial charge in [-0.1, -0.05) is 6.92 Å². The van der Waals surface area contributed by atoms with Gasteiger partial charge in [0.05, 0.1) is 11.8 Å². The molecule has 0 atom stereocenters. The summed E-state index contributed by atoms with van der Waals surface area (Å²) in [4.78, 5) is 14.6. The fourth-order valence-electron chi connectivity index (χ4n) is 2.70. The van der Waals surface area contributed by atoms with E-state index in [4.69, 9.17) is 10.2 Å². The third-order valence-electron chi connectivity index (χ3n) is 3.76. The molecule has 0 aromatic carbocycles. The Hall–Kier alpha value is -0.810. The predicted octanol–water partition coefficient (Wildman–Crippen LogP) is 3.16. The molecule has 2 N–H and O–H groups in total. The molecule has 1 fully saturated rings. The van der Waals surface area contributed by atoms with E-state index in [1.54, 1.807) is 6.07 Å². The zero-order valence-electron chi connectivity index (χ0n) is 11.3. The van der Waals surface area contributed by atoms with Crippen LogP contribution < -0.4 is 5.73 Å². The van der Waals surface area contributed by atoms with Gasteiger partial charge in [0.15, 0.2) is 4.67 Å². The quantitative estimate of drug-likeness (QED) is 0.923. The van der Waals surface area contributed by atoms with Crippen molar-refractivity contribution in [3.63, 3.8) is 0 Å². The van der Waals surface area contributed by atoms with Crippen molar-refractivity contribution in [2.45, 2.75) is 51.1 Å². The lowest BCUT2D eigenvalue weighted by atomic mass is 9.90. The van der Waals surface area contributed by atoms with Gasteiger partial charge in [-0.3, -0.25) is 4.79 Å². The lowest BCUT2D eigenvalue weighted by Crippen LogP contribution is -2.44. The minimum atomic E-state index is 0.0583. The van der Waals surface area contributed by atoms with Gasteiger partial charge in [-0.2, -0.15) is 0 Å². The van der Waals surface area contributed by atoms with E-state index in [-0.39, 0.29) is 5.91 Å². The van der Waals surface area contributed by atoms with Crippen LogP contribution in [0, 0.1) is 0 Å². The highest BCUT2D eigenvalue weighted by atomic mass is 79.9. The lowest BCUT2D eigenvalue weighted by Gasteiger charge is -2.36. The number of furan rings is 1. The Morgan fingerprint density at radius 3 is 2.68 bits per heavy atom. The van der Waals surface area contributed by atoms with E-state index in [0.717, 1.165) is 38.6 Å². The Kier molecular flexibility index (Phi) is 5.05. The molecule has 0 unspecified atom stereocenters. The Morgan fingerprint density at radius 2 is 2.16 bits per heavy atom. The number of carbonyl (C=O) groups is 1. The molecule has 0 saturated heterocycles. The Morgan fingerprint density at radius 1 is 1.47 bits per heavy atom. The topological polar surface area (TPSA) is 59.5 Å². The van der Waals surface area contributed by atoms with Crippen LogP contribution in [0.1, 0.15) is 49.4 Å². The molecule has 4 nitrogen and oxygen atoms in total. The zero-order chi connectivity index (χ0) is 13.8. The lowest BCUT2D eigenvalue weighted by molar-refractivity contribution is 0.0624. The molecule has 1 aliphatic carbocycles. The maximum atomic E-state index is 12.6. The minimum Gasteiger partial charge on any atom is -0.457 e. The summed E-state index contributed by atoms with van der Waals surface area (Å²) in [5.74, 6) is 0.0583. The molecule has 1 aliphatic rings. The van der Waals surface area contributed by atoms with E-state index in [1.807, 2.05) is 4.90 Å². The molecule has 0 aliphatic heterocycles. The molecule has 1 aromatic rings. The van der Waals surface area contributed by atoms with E-state index in [1.165, 1.54) is 6.26 Å². The number of carbonyl (C=O) groups excluding carboxylic acids is 1. The third-order valence-corrected chi connectivity index (χ3v) is 4.37. The molecule has 1 aromatic heterocycles. The van der Waals surface area contributed by atoms with Crippen LogP contribution >= 0.6 is 15.9 Å². The second-order valence-electron chi connectivity index (χ2n) is 5.18. The number of hydrogen-bond acceptors (Lipinski definition) is 3. The van der Waals surface area contributed by atoms with Crippen LogP contribution in [0.2, 0.25) is 0 Å². The Labute approximate surface area is 122 Å². The predicted molar refractivity (Wildman–Crippen MR) is 78.0 cm³/mol. The highest BCUT2D eigenvalue weighted by Crippen LogP contribution is 2.26. The maximum Gasteiger partial charge on any atom is 0.258 e. The number of hydrogen-bond donors (Lipinski definition) is 1. The van der Waals surface area contributed by atoms with E-state index >= 15 is 0 Å². The second kappa shape index (κ2) is 6.57. The van der Waals surface area contributed by atoms with Gasteiger partial charge in [-0.05, 0) is 54.1 Å². The molecule has 0 spiro atoms. The molecule has 2 rings (SSSR count). The minimum absolute atomic E-state index is 0.0583. The van der Waals surface area contributed by atoms with Crippen molar-refractivity contribution < 1.29 is 9.21 Å². The van der Waals surface area contributed by atoms with Gasteiger partial charge in [-0.15, -0.1) is 0 Å². The van der Waals surface area contributed by atoms with E-state index < -0.39 is 0 Å². The van der Waals surface area contributed by atoms with E-state index in [0.29, 0.717) is 22.3 Å². The summed E-state index contributed by atoms with van der Waals surface area (Å²) >= 11 is 3.29. The SMILES string of the molecule is CCCN(C(=O)c1ccoc1Br)C1CCC(N)CC1. The highest BCUT2D eigenvalue weighted by Gasteiger charge is 2.29. The van der Waals surface area contributed by atoms with Crippen molar-refractivity contribution in [2.24, 2.45) is 5.73 Å². The first-order valence-electron chi connectivity index (χ1n) is 6.93. The molecular weight excluding hydrogens is 308 g/mol. The molecule has 1 saturated carbocycles. The first-order chi connectivity index (χ1) is 9.13. The molecule has 1 amide bonds. The van der Waals surface area contributed by atoms with Crippen LogP contribution in [0.4, 0.5) is 0 Å². The highest BCUT2D eigenvalue weighted by molar-refractivity contribution is 9.10. The second-order valence-corrected chi connectivity index (χ2v) is 5.90. The van der Waals surface area contributed by atoms with Crippen molar-refractivity contribution in [3.8, 4) is 0 Å². The van der Waals surface area contributed by atoms with Crippen molar-refractivity contribution in [2.75, 3.05) is 6.54 Å². The summed E-state index contributed by atoms with van der Waals surface area (Å²) in [6, 6.07) is 2.34. The number of amides is 1. The van der Waals surface area contributed by atoms with Gasteiger partial charge < -0.3 is 15.1 Å². The van der Waals surface area contributed by atoms with Crippen LogP contribution in [-0.2, 0) is 0 Å². The molecule has 0 radical (unpaired) electrons. The number of nitrogens with zero attached hydrogens (tertiary/aromatic N) is 1. The smallest absolute Gasteiger partial charge is 0.258 e. The van der Waals surface area contributed by atoms with Crippen LogP contribution in [0.5, 0.6) is 0 Å². The van der Waals surface area contributed by atoms with Crippen molar-refractivity contribution in [3.05, 3.63) is 22.6 Å². The van der Waals surface area contributed by atoms with Crippen LogP contribution in [0.3, 0.4) is 0 Å². The van der Waals surface area contributed by atoms with Crippen molar-refractivity contribution in [1.29, 1.82) is 0 Å². The molecule has 5 heteroatoms. The Bertz CT molecular complexity index is 425. The standard InChI is InChI=1S/C14H21BrN2O2/c1-2-8-17(11-5-3-10(16)4-6-11)14(18)12-7-9-19-13(12)15/h7,9-11H,2-6,8,16H2,1H3. The van der Waals surface area contributed by atoms with Crippen molar-refractivity contribution >= 4 is 21.8 Å². The summed E-state index contributed by atoms with van der Waals surface area (Å²) in [6.45, 7) is 2.88. The van der Waals surface area contributed by atoms with Gasteiger partial charge in [0.2, 0.25) is 0 Å². The van der Waals surface area contributed by atoms with Gasteiger partial charge >= 0.3 is 0 Å². The first-order valence-corrected chi connectivity index (χ1v) is 7.72. The summed E-state index contributed by atoms with van der Waals surface area (Å²) in [5.41, 5.74) is 6.55. The van der Waals surface area contributed by atoms with Crippen LogP contribution in [0.25, 0.3) is 0 Å². The Balaban J connectivity index is 2.11. The summed E-state index contributed by atoms with van der Waals surface area (Å²) < 4.78 is 5.69. The zero-order valence-corrected chi connectivity index (χ0v) is 12.9. The number of halogens is 1. The molecule has 19 heavy (non-hydrogen) atoms. The first kappa shape index (κ1) is 14.6. The van der Waals surface area contributed by atoms with Gasteiger partial charge in [0.1, 0.15) is 0 Å². The van der Waals surface area contributed by atoms with Gasteiger partial charge in [0.25, 0.3) is 5.91 Å². The van der Waals surface area contributed by atoms with Gasteiger partial charge in [0, 0.05) is 18.6 Å². The van der Waals surface area contributed by atoms with Crippen LogP contribution in [-0.4, -0.2) is 29.4 Å². The van der Waals surface area contributed by atoms with Gasteiger partial charge in [-0.25, -0.2) is 0 Å². The number of rotatable bonds is 4. The summed E-state index contributed by atoms with van der Waals surface area (Å²) in [5, 5.41) is 0. The van der Waals surface area contributed by atoms with E-state index in [9.17, 15) is 4.79 Å². The monoisotopic (exact) mass is 328 g/mol. The maximum absolute atomic E-state index is 12.6. The summed E-state index contributed by atoms with van der Waals surface area (Å²) in [7, 11) is 0. The fraction of sp³-hybridized carbons (Fsp3) is 0.643. The largest absolute Gasteiger partial charge is 0.457 e. The summed E-state index contributed by atoms with van der Waals surface area (Å²) in [6.07, 6.45) is 6.52. The molecular formula is C14H21BrN2O2. The fourth-order valence-corrected chi connectivity index (χ4v) is 3.11.